The van der Waals surface area contributed by atoms with E-state index in [1.165, 1.54) is 30.3 Å². The van der Waals surface area contributed by atoms with Crippen LogP contribution in [0.1, 0.15) is 0 Å². The molecule has 6 aromatic carbocycles. The lowest BCUT2D eigenvalue weighted by molar-refractivity contribution is 0.476. The molecule has 51 heavy (non-hydrogen) atoms. The van der Waals surface area contributed by atoms with Crippen molar-refractivity contribution in [3.63, 3.8) is 0 Å². The molecular weight excluding hydrogens is 777 g/mol. The monoisotopic (exact) mass is 796 g/mol. The summed E-state index contributed by atoms with van der Waals surface area (Å²) in [6, 6.07) is 16.3. The molecule has 4 N–H and O–H groups in total. The summed E-state index contributed by atoms with van der Waals surface area (Å²) in [5.74, 6) is -1.71. The summed E-state index contributed by atoms with van der Waals surface area (Å²) in [5.41, 5.74) is 0. The average molecular weight is 797 g/mol. The predicted octanol–water partition coefficient (Wildman–Crippen LogP) is 4.13. The highest BCUT2D eigenvalue weighted by molar-refractivity contribution is 7.88. The molecule has 0 fully saturated rings. The Morgan fingerprint density at radius 3 is 1.55 bits per heavy atom. The molecule has 0 aliphatic carbocycles. The van der Waals surface area contributed by atoms with E-state index in [0.717, 1.165) is 54.6 Å². The maximum atomic E-state index is 13.5. The summed E-state index contributed by atoms with van der Waals surface area (Å²) >= 11 is 0. The maximum absolute atomic E-state index is 13.5. The first-order chi connectivity index (χ1) is 23.5. The number of phenolic OH excluding ortho intramolecular Hbond substituents is 1. The van der Waals surface area contributed by atoms with Crippen molar-refractivity contribution in [2.24, 2.45) is 0 Å². The van der Waals surface area contributed by atoms with Crippen LogP contribution in [0.15, 0.2) is 122 Å². The third-order valence-corrected chi connectivity index (χ3v) is 12.5. The second-order valence-electron chi connectivity index (χ2n) is 10.7. The quantitative estimate of drug-likeness (QED) is 0.118. The molecule has 16 nitrogen and oxygen atoms in total. The van der Waals surface area contributed by atoms with E-state index in [-0.39, 0.29) is 38.1 Å². The molecule has 0 saturated heterocycles. The van der Waals surface area contributed by atoms with E-state index in [1.807, 2.05) is 0 Å². The van der Waals surface area contributed by atoms with Crippen LogP contribution in [-0.2, 0) is 50.6 Å². The van der Waals surface area contributed by atoms with Gasteiger partial charge in [-0.2, -0.15) is 42.1 Å². The van der Waals surface area contributed by atoms with Gasteiger partial charge >= 0.3 is 20.2 Å². The first kappa shape index (κ1) is 35.9. The van der Waals surface area contributed by atoms with Crippen LogP contribution in [0.25, 0.3) is 32.3 Å². The summed E-state index contributed by atoms with van der Waals surface area (Å²) in [4.78, 5) is -3.64. The zero-order valence-electron chi connectivity index (χ0n) is 25.0. The normalized spacial score (nSPS) is 13.1. The number of phenols is 1. The third-order valence-electron chi connectivity index (χ3n) is 7.43. The van der Waals surface area contributed by atoms with Crippen LogP contribution in [0.2, 0.25) is 0 Å². The topological polar surface area (TPSA) is 270 Å². The summed E-state index contributed by atoms with van der Waals surface area (Å²) < 4.78 is 165. The molecule has 6 rings (SSSR count). The lowest BCUT2D eigenvalue weighted by Crippen LogP contribution is -2.12. The molecule has 0 aliphatic heterocycles. The Bertz CT molecular complexity index is 3030. The zero-order chi connectivity index (χ0) is 37.3. The Balaban J connectivity index is 1.49. The maximum Gasteiger partial charge on any atom is 0.339 e. The number of benzene rings is 6. The first-order valence-corrected chi connectivity index (χ1v) is 20.9. The fourth-order valence-corrected chi connectivity index (χ4v) is 8.83. The molecule has 0 bridgehead atoms. The van der Waals surface area contributed by atoms with E-state index in [0.29, 0.717) is 12.1 Å². The predicted molar refractivity (Wildman–Crippen MR) is 179 cm³/mol. The van der Waals surface area contributed by atoms with Crippen LogP contribution in [0, 0.1) is 0 Å². The molecule has 0 heterocycles. The standard InChI is InChI=1S/C30H20O16S5/c31-27-5-1-4-25-24(27)3-2-6-30(25)51(43,44)46-28-15-22(49(38,39)40)13-18-12-20(9-10-23(18)28)50(41,42)45-29-16-21(48(35,36)37)11-17-7-8-19(14-26(17)29)47(32,33)34/h1-16,31H,(H,32,33,34)(H,35,36,37)(H,38,39,40). The van der Waals surface area contributed by atoms with Crippen molar-refractivity contribution in [2.45, 2.75) is 24.5 Å². The van der Waals surface area contributed by atoms with Gasteiger partial charge in [0.05, 0.1) is 14.7 Å². The SMILES string of the molecule is O=S(=O)(O)c1cc(OS(=O)(=O)c2ccc3c(OS(=O)(=O)c4cccc5c(O)cccc45)cc(S(=O)(=O)O)cc3c2)c2cc(S(=O)(=O)O)ccc2c1. The molecule has 0 unspecified atom stereocenters. The van der Waals surface area contributed by atoms with Gasteiger partial charge in [0.1, 0.15) is 15.5 Å². The summed E-state index contributed by atoms with van der Waals surface area (Å²) in [6.45, 7) is 0. The molecular formula is C30H20O16S5. The number of hydrogen-bond donors (Lipinski definition) is 4. The third kappa shape index (κ3) is 7.05. The number of fused-ring (bicyclic) bond motifs is 3. The number of rotatable bonds is 9. The van der Waals surface area contributed by atoms with Gasteiger partial charge in [0.2, 0.25) is 0 Å². The fraction of sp³-hybridized carbons (Fsp3) is 0. The van der Waals surface area contributed by atoms with Crippen molar-refractivity contribution in [3.8, 4) is 17.2 Å². The highest BCUT2D eigenvalue weighted by atomic mass is 32.2. The van der Waals surface area contributed by atoms with Crippen molar-refractivity contribution in [1.29, 1.82) is 0 Å². The lowest BCUT2D eigenvalue weighted by atomic mass is 10.1. The van der Waals surface area contributed by atoms with E-state index in [1.54, 1.807) is 0 Å². The zero-order valence-corrected chi connectivity index (χ0v) is 29.0. The minimum atomic E-state index is -5.07. The van der Waals surface area contributed by atoms with Crippen LogP contribution in [-0.4, -0.2) is 60.9 Å². The highest BCUT2D eigenvalue weighted by Gasteiger charge is 2.27. The molecule has 0 aliphatic rings. The first-order valence-electron chi connectivity index (χ1n) is 13.7. The van der Waals surface area contributed by atoms with E-state index in [2.05, 4.69) is 0 Å². The molecule has 0 saturated carbocycles. The smallest absolute Gasteiger partial charge is 0.339 e. The van der Waals surface area contributed by atoms with Crippen molar-refractivity contribution in [1.82, 2.24) is 0 Å². The van der Waals surface area contributed by atoms with Gasteiger partial charge in [0.15, 0.2) is 11.5 Å². The van der Waals surface area contributed by atoms with Gasteiger partial charge in [-0.25, -0.2) is 0 Å². The van der Waals surface area contributed by atoms with Crippen molar-refractivity contribution >= 4 is 82.9 Å². The summed E-state index contributed by atoms with van der Waals surface area (Å²) in [5, 5.41) is 9.42. The van der Waals surface area contributed by atoms with Gasteiger partial charge in [-0.3, -0.25) is 13.7 Å². The summed E-state index contributed by atoms with van der Waals surface area (Å²) in [7, 11) is -24.7. The van der Waals surface area contributed by atoms with E-state index in [4.69, 9.17) is 8.37 Å². The minimum Gasteiger partial charge on any atom is -0.507 e. The van der Waals surface area contributed by atoms with Crippen molar-refractivity contribution in [2.75, 3.05) is 0 Å². The second-order valence-corrected chi connectivity index (χ2v) is 18.1. The van der Waals surface area contributed by atoms with Crippen LogP contribution < -0.4 is 8.37 Å². The largest absolute Gasteiger partial charge is 0.507 e. The van der Waals surface area contributed by atoms with Crippen LogP contribution in [0.3, 0.4) is 0 Å². The van der Waals surface area contributed by atoms with Gasteiger partial charge in [-0.15, -0.1) is 0 Å². The van der Waals surface area contributed by atoms with Crippen LogP contribution in [0.4, 0.5) is 0 Å². The molecule has 266 valence electrons. The fourth-order valence-electron chi connectivity index (χ4n) is 5.13. The number of hydrogen-bond acceptors (Lipinski definition) is 13. The van der Waals surface area contributed by atoms with Gasteiger partial charge < -0.3 is 13.5 Å². The molecule has 21 heteroatoms. The molecule has 6 aromatic rings. The van der Waals surface area contributed by atoms with Gasteiger partial charge in [0, 0.05) is 33.7 Å². The van der Waals surface area contributed by atoms with Crippen LogP contribution in [0.5, 0.6) is 17.2 Å². The summed E-state index contributed by atoms with van der Waals surface area (Å²) in [6.07, 6.45) is 0. The molecule has 0 aromatic heterocycles. The molecule has 0 radical (unpaired) electrons. The minimum absolute atomic E-state index is 0.0487. The Kier molecular flexibility index (Phi) is 8.55. The van der Waals surface area contributed by atoms with Gasteiger partial charge in [0.25, 0.3) is 30.4 Å². The van der Waals surface area contributed by atoms with Crippen molar-refractivity contribution in [3.05, 3.63) is 97.1 Å². The lowest BCUT2D eigenvalue weighted by Gasteiger charge is -2.15. The van der Waals surface area contributed by atoms with Gasteiger partial charge in [-0.05, 0) is 65.4 Å². The molecule has 0 atom stereocenters. The van der Waals surface area contributed by atoms with Crippen LogP contribution >= 0.6 is 0 Å². The van der Waals surface area contributed by atoms with E-state index >= 15 is 0 Å². The Hall–Kier alpha value is -4.87. The van der Waals surface area contributed by atoms with Crippen molar-refractivity contribution < 1.29 is 69.2 Å². The molecule has 0 amide bonds. The Morgan fingerprint density at radius 2 is 0.922 bits per heavy atom. The Labute approximate surface area is 289 Å². The van der Waals surface area contributed by atoms with E-state index in [9.17, 15) is 60.9 Å². The molecule has 0 spiro atoms. The second kappa shape index (κ2) is 12.1. The van der Waals surface area contributed by atoms with Gasteiger partial charge in [-0.1, -0.05) is 30.3 Å². The average Bonchev–Trinajstić information content (AvgIpc) is 3.02. The Morgan fingerprint density at radius 1 is 0.412 bits per heavy atom. The highest BCUT2D eigenvalue weighted by Crippen LogP contribution is 2.37. The number of aromatic hydroxyl groups is 1. The van der Waals surface area contributed by atoms with E-state index < -0.39 is 86.6 Å².